The Morgan fingerprint density at radius 2 is 1.95 bits per heavy atom. The Balaban J connectivity index is 2.42. The molecule has 0 fully saturated rings. The lowest BCUT2D eigenvalue weighted by Crippen LogP contribution is -2.07. The molecule has 0 atom stereocenters. The van der Waals surface area contributed by atoms with Crippen molar-refractivity contribution in [3.05, 3.63) is 51.5 Å². The van der Waals surface area contributed by atoms with Crippen LogP contribution >= 0.6 is 27.5 Å². The van der Waals surface area contributed by atoms with E-state index in [1.807, 2.05) is 0 Å². The fourth-order valence-corrected chi connectivity index (χ4v) is 4.39. The van der Waals surface area contributed by atoms with Gasteiger partial charge >= 0.3 is 0 Å². The molecule has 2 aromatic carbocycles. The van der Waals surface area contributed by atoms with Crippen molar-refractivity contribution in [1.29, 1.82) is 0 Å². The van der Waals surface area contributed by atoms with Gasteiger partial charge in [-0.25, -0.2) is 8.42 Å². The zero-order valence-electron chi connectivity index (χ0n) is 11.1. The summed E-state index contributed by atoms with van der Waals surface area (Å²) < 4.78 is 30.8. The van der Waals surface area contributed by atoms with E-state index >= 15 is 0 Å². The van der Waals surface area contributed by atoms with Crippen LogP contribution in [0.4, 0.5) is 5.69 Å². The summed E-state index contributed by atoms with van der Waals surface area (Å²) in [6.45, 7) is 0. The topological polar surface area (TPSA) is 69.4 Å². The number of rotatable bonds is 4. The number of halogens is 2. The zero-order valence-corrected chi connectivity index (χ0v) is 14.3. The van der Waals surface area contributed by atoms with E-state index in [4.69, 9.17) is 22.1 Å². The Hall–Kier alpha value is -1.24. The minimum absolute atomic E-state index is 0.0630. The van der Waals surface area contributed by atoms with E-state index in [2.05, 4.69) is 15.9 Å². The number of methoxy groups -OCH3 is 1. The third-order valence-electron chi connectivity index (χ3n) is 2.89. The molecule has 4 nitrogen and oxygen atoms in total. The van der Waals surface area contributed by atoms with Gasteiger partial charge in [-0.15, -0.1) is 0 Å². The summed E-state index contributed by atoms with van der Waals surface area (Å²) in [5, 5.41) is 0.119. The fraction of sp³-hybridized carbons (Fsp3) is 0.143. The van der Waals surface area contributed by atoms with Gasteiger partial charge < -0.3 is 10.5 Å². The second-order valence-corrected chi connectivity index (χ2v) is 7.63. The van der Waals surface area contributed by atoms with E-state index in [0.29, 0.717) is 21.5 Å². The average molecular weight is 391 g/mol. The van der Waals surface area contributed by atoms with Gasteiger partial charge in [-0.3, -0.25) is 0 Å². The van der Waals surface area contributed by atoms with E-state index in [1.54, 1.807) is 18.2 Å². The molecule has 0 aromatic heterocycles. The fourth-order valence-electron chi connectivity index (χ4n) is 1.84. The normalized spacial score (nSPS) is 11.4. The van der Waals surface area contributed by atoms with E-state index < -0.39 is 9.84 Å². The van der Waals surface area contributed by atoms with Crippen LogP contribution in [0.25, 0.3) is 0 Å². The van der Waals surface area contributed by atoms with Crippen molar-refractivity contribution in [3.8, 4) is 5.75 Å². The molecule has 0 spiro atoms. The summed E-state index contributed by atoms with van der Waals surface area (Å²) in [5.74, 6) is 0.404. The Morgan fingerprint density at radius 1 is 1.24 bits per heavy atom. The summed E-state index contributed by atoms with van der Waals surface area (Å²) >= 11 is 9.33. The lowest BCUT2D eigenvalue weighted by Gasteiger charge is -2.10. The van der Waals surface area contributed by atoms with Crippen molar-refractivity contribution < 1.29 is 13.2 Å². The van der Waals surface area contributed by atoms with Crippen molar-refractivity contribution in [2.24, 2.45) is 0 Å². The number of nitrogens with two attached hydrogens (primary N) is 1. The Bertz CT molecular complexity index is 778. The van der Waals surface area contributed by atoms with E-state index in [0.717, 1.165) is 0 Å². The maximum atomic E-state index is 12.5. The third kappa shape index (κ3) is 3.70. The highest BCUT2D eigenvalue weighted by Gasteiger charge is 2.20. The van der Waals surface area contributed by atoms with E-state index in [1.165, 1.54) is 25.3 Å². The third-order valence-corrected chi connectivity index (χ3v) is 5.80. The SMILES string of the molecule is COc1ccc(Br)c(CS(=O)(=O)c2ccc(N)cc2Cl)c1. The van der Waals surface area contributed by atoms with E-state index in [-0.39, 0.29) is 15.7 Å². The number of ether oxygens (including phenoxy) is 1. The van der Waals surface area contributed by atoms with Gasteiger partial charge in [-0.2, -0.15) is 0 Å². The van der Waals surface area contributed by atoms with Crippen LogP contribution in [-0.2, 0) is 15.6 Å². The largest absolute Gasteiger partial charge is 0.497 e. The smallest absolute Gasteiger partial charge is 0.184 e. The van der Waals surface area contributed by atoms with Crippen molar-refractivity contribution >= 4 is 43.1 Å². The van der Waals surface area contributed by atoms with Crippen LogP contribution in [0.15, 0.2) is 45.8 Å². The highest BCUT2D eigenvalue weighted by atomic mass is 79.9. The molecule has 112 valence electrons. The highest BCUT2D eigenvalue weighted by Crippen LogP contribution is 2.30. The second-order valence-electron chi connectivity index (χ2n) is 4.41. The molecule has 0 saturated heterocycles. The molecule has 2 N–H and O–H groups in total. The molecule has 0 aliphatic carbocycles. The number of hydrogen-bond acceptors (Lipinski definition) is 4. The molecule has 0 amide bonds. The predicted octanol–water partition coefficient (Wildman–Crippen LogP) is 3.67. The maximum Gasteiger partial charge on any atom is 0.184 e. The molecule has 0 heterocycles. The predicted molar refractivity (Wildman–Crippen MR) is 87.4 cm³/mol. The number of hydrogen-bond donors (Lipinski definition) is 1. The molecule has 0 bridgehead atoms. The summed E-state index contributed by atoms with van der Waals surface area (Å²) in [7, 11) is -2.06. The van der Waals surface area contributed by atoms with Crippen LogP contribution in [0, 0.1) is 0 Å². The van der Waals surface area contributed by atoms with Crippen molar-refractivity contribution in [2.75, 3.05) is 12.8 Å². The van der Waals surface area contributed by atoms with Gasteiger partial charge in [0.15, 0.2) is 9.84 Å². The molecule has 2 rings (SSSR count). The molecule has 0 radical (unpaired) electrons. The molecule has 7 heteroatoms. The first-order chi connectivity index (χ1) is 9.83. The van der Waals surface area contributed by atoms with Gasteiger partial charge in [0.2, 0.25) is 0 Å². The monoisotopic (exact) mass is 389 g/mol. The van der Waals surface area contributed by atoms with Gasteiger partial charge in [-0.05, 0) is 42.0 Å². The van der Waals surface area contributed by atoms with Gasteiger partial charge in [0.05, 0.1) is 22.8 Å². The first-order valence-corrected chi connectivity index (χ1v) is 8.76. The van der Waals surface area contributed by atoms with Crippen LogP contribution in [0.3, 0.4) is 0 Å². The van der Waals surface area contributed by atoms with Gasteiger partial charge in [0, 0.05) is 10.2 Å². The molecule has 0 aliphatic rings. The second kappa shape index (κ2) is 6.25. The molecular formula is C14H13BrClNO3S. The summed E-state index contributed by atoms with van der Waals surface area (Å²) in [6.07, 6.45) is 0. The quantitative estimate of drug-likeness (QED) is 0.809. The van der Waals surface area contributed by atoms with Crippen molar-refractivity contribution in [1.82, 2.24) is 0 Å². The standard InChI is InChI=1S/C14H13BrClNO3S/c1-20-11-3-4-12(15)9(6-11)8-21(18,19)14-5-2-10(17)7-13(14)16/h2-7H,8,17H2,1H3. The Kier molecular flexibility index (Phi) is 4.81. The van der Waals surface area contributed by atoms with Gasteiger partial charge in [-0.1, -0.05) is 27.5 Å². The van der Waals surface area contributed by atoms with Crippen molar-refractivity contribution in [2.45, 2.75) is 10.6 Å². The zero-order chi connectivity index (χ0) is 15.6. The first-order valence-electron chi connectivity index (χ1n) is 5.93. The Labute approximate surface area is 136 Å². The maximum absolute atomic E-state index is 12.5. The molecule has 0 aliphatic heterocycles. The summed E-state index contributed by atoms with van der Waals surface area (Å²) in [4.78, 5) is 0.0630. The number of sulfone groups is 1. The van der Waals surface area contributed by atoms with Gasteiger partial charge in [0.1, 0.15) is 5.75 Å². The summed E-state index contributed by atoms with van der Waals surface area (Å²) in [6, 6.07) is 9.52. The Morgan fingerprint density at radius 3 is 2.57 bits per heavy atom. The van der Waals surface area contributed by atoms with Crippen LogP contribution in [0.2, 0.25) is 5.02 Å². The minimum atomic E-state index is -3.58. The molecule has 21 heavy (non-hydrogen) atoms. The van der Waals surface area contributed by atoms with Crippen LogP contribution in [0.1, 0.15) is 5.56 Å². The van der Waals surface area contributed by atoms with E-state index in [9.17, 15) is 8.42 Å². The number of nitrogen functional groups attached to an aromatic ring is 1. The molecule has 0 saturated carbocycles. The van der Waals surface area contributed by atoms with Crippen LogP contribution in [0.5, 0.6) is 5.75 Å². The molecule has 2 aromatic rings. The minimum Gasteiger partial charge on any atom is -0.497 e. The molecule has 0 unspecified atom stereocenters. The lowest BCUT2D eigenvalue weighted by molar-refractivity contribution is 0.414. The van der Waals surface area contributed by atoms with Gasteiger partial charge in [0.25, 0.3) is 0 Å². The number of benzene rings is 2. The lowest BCUT2D eigenvalue weighted by atomic mass is 10.2. The first kappa shape index (κ1) is 16.1. The van der Waals surface area contributed by atoms with Crippen molar-refractivity contribution in [3.63, 3.8) is 0 Å². The number of anilines is 1. The summed E-state index contributed by atoms with van der Waals surface area (Å²) in [5.41, 5.74) is 6.60. The van der Waals surface area contributed by atoms with Crippen LogP contribution in [-0.4, -0.2) is 15.5 Å². The van der Waals surface area contributed by atoms with Crippen LogP contribution < -0.4 is 10.5 Å². The highest BCUT2D eigenvalue weighted by molar-refractivity contribution is 9.10. The average Bonchev–Trinajstić information content (AvgIpc) is 2.40. The molecular weight excluding hydrogens is 378 g/mol.